The van der Waals surface area contributed by atoms with E-state index in [9.17, 15) is 9.18 Å². The van der Waals surface area contributed by atoms with Crippen molar-refractivity contribution >= 4 is 33.8 Å². The Bertz CT molecular complexity index is 1480. The van der Waals surface area contributed by atoms with Crippen LogP contribution in [0.5, 0.6) is 0 Å². The second-order valence-electron chi connectivity index (χ2n) is 7.86. The van der Waals surface area contributed by atoms with E-state index < -0.39 is 11.7 Å². The minimum atomic E-state index is -0.525. The molecule has 0 bridgehead atoms. The SMILES string of the molecule is Cc1nc2ncc(-c3c[nH]c4ncc(C(=O)Nc5cncc(F)c5)cc34)cc2n1C(C)C. The highest BCUT2D eigenvalue weighted by atomic mass is 19.1. The van der Waals surface area contributed by atoms with Crippen molar-refractivity contribution in [1.82, 2.24) is 29.5 Å². The summed E-state index contributed by atoms with van der Waals surface area (Å²) in [6, 6.07) is 5.26. The summed E-state index contributed by atoms with van der Waals surface area (Å²) < 4.78 is 15.5. The first kappa shape index (κ1) is 19.8. The summed E-state index contributed by atoms with van der Waals surface area (Å²) in [6.45, 7) is 6.18. The van der Waals surface area contributed by atoms with E-state index in [1.807, 2.05) is 13.1 Å². The van der Waals surface area contributed by atoms with Crippen LogP contribution < -0.4 is 5.32 Å². The molecule has 0 radical (unpaired) electrons. The second-order valence-corrected chi connectivity index (χ2v) is 7.86. The Morgan fingerprint density at radius 3 is 2.75 bits per heavy atom. The predicted octanol–water partition coefficient (Wildman–Crippen LogP) is 4.65. The Hall–Kier alpha value is -4.14. The van der Waals surface area contributed by atoms with Crippen LogP contribution in [0.15, 0.2) is 49.2 Å². The third kappa shape index (κ3) is 3.37. The van der Waals surface area contributed by atoms with Gasteiger partial charge in [-0.1, -0.05) is 0 Å². The topological polar surface area (TPSA) is 101 Å². The van der Waals surface area contributed by atoms with Gasteiger partial charge in [0.2, 0.25) is 0 Å². The molecular weight excluding hydrogens is 409 g/mol. The Kier molecular flexibility index (Phi) is 4.66. The third-order valence-electron chi connectivity index (χ3n) is 5.31. The number of hydrogen-bond acceptors (Lipinski definition) is 5. The van der Waals surface area contributed by atoms with Crippen LogP contribution in [-0.2, 0) is 0 Å². The zero-order chi connectivity index (χ0) is 22.4. The number of rotatable bonds is 4. The normalized spacial score (nSPS) is 11.5. The van der Waals surface area contributed by atoms with Crippen molar-refractivity contribution in [2.45, 2.75) is 26.8 Å². The van der Waals surface area contributed by atoms with Gasteiger partial charge in [0.25, 0.3) is 5.91 Å². The molecule has 8 nitrogen and oxygen atoms in total. The molecule has 0 fully saturated rings. The lowest BCUT2D eigenvalue weighted by molar-refractivity contribution is 0.102. The molecule has 5 rings (SSSR count). The summed E-state index contributed by atoms with van der Waals surface area (Å²) in [4.78, 5) is 33.1. The number of amides is 1. The van der Waals surface area contributed by atoms with E-state index in [1.165, 1.54) is 18.5 Å². The van der Waals surface area contributed by atoms with Crippen molar-refractivity contribution in [3.8, 4) is 11.1 Å². The Balaban J connectivity index is 1.55. The Morgan fingerprint density at radius 1 is 1.12 bits per heavy atom. The number of fused-ring (bicyclic) bond motifs is 2. The van der Waals surface area contributed by atoms with E-state index in [0.29, 0.717) is 16.9 Å². The Labute approximate surface area is 182 Å². The molecule has 0 aliphatic rings. The maximum atomic E-state index is 13.4. The lowest BCUT2D eigenvalue weighted by atomic mass is 10.1. The van der Waals surface area contributed by atoms with Gasteiger partial charge in [-0.3, -0.25) is 9.78 Å². The quantitative estimate of drug-likeness (QED) is 0.433. The molecule has 0 atom stereocenters. The fourth-order valence-corrected chi connectivity index (χ4v) is 3.94. The van der Waals surface area contributed by atoms with Crippen molar-refractivity contribution < 1.29 is 9.18 Å². The van der Waals surface area contributed by atoms with Crippen LogP contribution in [0.2, 0.25) is 0 Å². The van der Waals surface area contributed by atoms with Crippen LogP contribution >= 0.6 is 0 Å². The molecule has 5 aromatic heterocycles. The number of carbonyl (C=O) groups is 1. The number of hydrogen-bond donors (Lipinski definition) is 2. The molecule has 0 aliphatic heterocycles. The lowest BCUT2D eigenvalue weighted by Crippen LogP contribution is -2.12. The third-order valence-corrected chi connectivity index (χ3v) is 5.31. The van der Waals surface area contributed by atoms with E-state index >= 15 is 0 Å². The molecule has 2 N–H and O–H groups in total. The van der Waals surface area contributed by atoms with Crippen LogP contribution in [0.25, 0.3) is 33.3 Å². The van der Waals surface area contributed by atoms with Gasteiger partial charge in [-0.05, 0) is 32.9 Å². The summed E-state index contributed by atoms with van der Waals surface area (Å²) in [5, 5.41) is 3.43. The number of nitrogens with zero attached hydrogens (tertiary/aromatic N) is 5. The number of halogens is 1. The molecule has 0 unspecified atom stereocenters. The minimum Gasteiger partial charge on any atom is -0.346 e. The number of pyridine rings is 3. The van der Waals surface area contributed by atoms with Crippen LogP contribution in [0.4, 0.5) is 10.1 Å². The summed E-state index contributed by atoms with van der Waals surface area (Å²) in [5.74, 6) is -0.0184. The maximum Gasteiger partial charge on any atom is 0.257 e. The molecule has 5 aromatic rings. The van der Waals surface area contributed by atoms with Gasteiger partial charge in [-0.25, -0.2) is 19.3 Å². The first-order chi connectivity index (χ1) is 15.4. The van der Waals surface area contributed by atoms with Gasteiger partial charge < -0.3 is 14.9 Å². The van der Waals surface area contributed by atoms with Crippen molar-refractivity contribution in [2.24, 2.45) is 0 Å². The van der Waals surface area contributed by atoms with E-state index in [4.69, 9.17) is 0 Å². The maximum absolute atomic E-state index is 13.4. The van der Waals surface area contributed by atoms with Crippen LogP contribution in [0, 0.1) is 12.7 Å². The molecule has 9 heteroatoms. The number of imidazole rings is 1. The van der Waals surface area contributed by atoms with Crippen LogP contribution in [0.3, 0.4) is 0 Å². The number of H-pyrrole nitrogens is 1. The monoisotopic (exact) mass is 429 g/mol. The molecule has 0 aromatic carbocycles. The molecule has 0 spiro atoms. The van der Waals surface area contributed by atoms with Crippen LogP contribution in [0.1, 0.15) is 36.1 Å². The highest BCUT2D eigenvalue weighted by Gasteiger charge is 2.16. The highest BCUT2D eigenvalue weighted by molar-refractivity contribution is 6.07. The van der Waals surface area contributed by atoms with E-state index in [-0.39, 0.29) is 11.7 Å². The molecule has 5 heterocycles. The predicted molar refractivity (Wildman–Crippen MR) is 120 cm³/mol. The molecule has 160 valence electrons. The molecule has 0 saturated heterocycles. The molecule has 0 aliphatic carbocycles. The lowest BCUT2D eigenvalue weighted by Gasteiger charge is -2.11. The summed E-state index contributed by atoms with van der Waals surface area (Å²) in [6.07, 6.45) is 7.56. The van der Waals surface area contributed by atoms with Crippen molar-refractivity contribution in [3.63, 3.8) is 0 Å². The number of nitrogens with one attached hydrogen (secondary N) is 2. The number of aromatic amines is 1. The number of aromatic nitrogens is 6. The van der Waals surface area contributed by atoms with Crippen molar-refractivity contribution in [1.29, 1.82) is 0 Å². The molecule has 1 amide bonds. The van der Waals surface area contributed by atoms with Gasteiger partial charge in [0.05, 0.1) is 29.2 Å². The zero-order valence-corrected chi connectivity index (χ0v) is 17.7. The number of carbonyl (C=O) groups excluding carboxylic acids is 1. The van der Waals surface area contributed by atoms with Gasteiger partial charge in [-0.2, -0.15) is 0 Å². The first-order valence-electron chi connectivity index (χ1n) is 10.1. The van der Waals surface area contributed by atoms with E-state index in [0.717, 1.165) is 34.1 Å². The summed E-state index contributed by atoms with van der Waals surface area (Å²) in [5.41, 5.74) is 4.68. The minimum absolute atomic E-state index is 0.245. The van der Waals surface area contributed by atoms with Gasteiger partial charge in [-0.15, -0.1) is 0 Å². The van der Waals surface area contributed by atoms with Crippen molar-refractivity contribution in [3.05, 3.63) is 66.4 Å². The second kappa shape index (κ2) is 7.52. The van der Waals surface area contributed by atoms with Gasteiger partial charge in [0.1, 0.15) is 17.3 Å². The van der Waals surface area contributed by atoms with Crippen molar-refractivity contribution in [2.75, 3.05) is 5.32 Å². The first-order valence-corrected chi connectivity index (χ1v) is 10.1. The van der Waals surface area contributed by atoms with Gasteiger partial charge in [0, 0.05) is 47.2 Å². The summed E-state index contributed by atoms with van der Waals surface area (Å²) >= 11 is 0. The fourth-order valence-electron chi connectivity index (χ4n) is 3.94. The molecule has 0 saturated carbocycles. The van der Waals surface area contributed by atoms with Gasteiger partial charge in [0.15, 0.2) is 5.65 Å². The smallest absolute Gasteiger partial charge is 0.257 e. The number of anilines is 1. The summed E-state index contributed by atoms with van der Waals surface area (Å²) in [7, 11) is 0. The highest BCUT2D eigenvalue weighted by Crippen LogP contribution is 2.31. The van der Waals surface area contributed by atoms with E-state index in [2.05, 4.69) is 54.7 Å². The fraction of sp³-hybridized carbons (Fsp3) is 0.174. The largest absolute Gasteiger partial charge is 0.346 e. The average molecular weight is 429 g/mol. The standard InChI is InChI=1S/C23H20FN7O/c1-12(2)31-13(3)29-22-20(31)5-14(7-27-22)19-11-28-21-18(19)4-15(8-26-21)23(32)30-17-6-16(24)9-25-10-17/h4-12H,1-3H3,(H,26,28)(H,30,32). The zero-order valence-electron chi connectivity index (χ0n) is 17.7. The van der Waals surface area contributed by atoms with Gasteiger partial charge >= 0.3 is 0 Å². The Morgan fingerprint density at radius 2 is 1.97 bits per heavy atom. The molecule has 32 heavy (non-hydrogen) atoms. The van der Waals surface area contributed by atoms with E-state index in [1.54, 1.807) is 12.3 Å². The molecular formula is C23H20FN7O. The average Bonchev–Trinajstić information content (AvgIpc) is 3.32. The van der Waals surface area contributed by atoms with Crippen LogP contribution in [-0.4, -0.2) is 35.4 Å². The number of aryl methyl sites for hydroxylation is 1.